The topological polar surface area (TPSA) is 53.4 Å². The number of nitrogens with zero attached hydrogens (tertiary/aromatic N) is 2. The van der Waals surface area contributed by atoms with Gasteiger partial charge in [0.05, 0.1) is 36.9 Å². The van der Waals surface area contributed by atoms with Crippen molar-refractivity contribution in [3.05, 3.63) is 59.7 Å². The first-order chi connectivity index (χ1) is 11.2. The second-order valence-corrected chi connectivity index (χ2v) is 4.99. The molecule has 1 heterocycles. The molecule has 0 unspecified atom stereocenters. The van der Waals surface area contributed by atoms with Gasteiger partial charge in [-0.25, -0.2) is 4.79 Å². The Kier molecular flexibility index (Phi) is 4.28. The van der Waals surface area contributed by atoms with Crippen LogP contribution in [0.25, 0.3) is 11.0 Å². The van der Waals surface area contributed by atoms with Crippen LogP contribution < -0.4 is 4.74 Å². The Balaban J connectivity index is 2.19. The summed E-state index contributed by atoms with van der Waals surface area (Å²) < 4.78 is 12.5. The molecule has 2 aromatic carbocycles. The lowest BCUT2D eigenvalue weighted by atomic mass is 10.1. The monoisotopic (exact) mass is 309 g/mol. The average molecular weight is 309 g/mol. The predicted octanol–water partition coefficient (Wildman–Crippen LogP) is 3.07. The normalized spacial score (nSPS) is 10.7. The number of benzene rings is 2. The largest absolute Gasteiger partial charge is 0.465 e. The molecule has 0 aliphatic heterocycles. The molecule has 0 spiro atoms. The van der Waals surface area contributed by atoms with Crippen molar-refractivity contribution < 1.29 is 14.3 Å². The third-order valence-electron chi connectivity index (χ3n) is 3.54. The molecule has 0 bridgehead atoms. The number of imidazole rings is 1. The van der Waals surface area contributed by atoms with Crippen molar-refractivity contribution in [2.24, 2.45) is 0 Å². The average Bonchev–Trinajstić information content (AvgIpc) is 2.93. The minimum Gasteiger partial charge on any atom is -0.465 e. The van der Waals surface area contributed by atoms with E-state index in [1.165, 1.54) is 7.11 Å². The molecular formula is C18H17N2O3. The lowest BCUT2D eigenvalue weighted by Gasteiger charge is -2.11. The van der Waals surface area contributed by atoms with Gasteiger partial charge in [-0.15, -0.1) is 0 Å². The van der Waals surface area contributed by atoms with Crippen molar-refractivity contribution in [3.63, 3.8) is 0 Å². The van der Waals surface area contributed by atoms with Gasteiger partial charge in [0.2, 0.25) is 0 Å². The fourth-order valence-electron chi connectivity index (χ4n) is 2.53. The SMILES string of the molecule is CCOc1nc2cccc(C(=O)OC)c2n1Cc1cc[c]cc1. The summed E-state index contributed by atoms with van der Waals surface area (Å²) in [6.45, 7) is 2.95. The fraction of sp³-hybridized carbons (Fsp3) is 0.222. The lowest BCUT2D eigenvalue weighted by molar-refractivity contribution is 0.0602. The van der Waals surface area contributed by atoms with Gasteiger partial charge in [-0.05, 0) is 30.7 Å². The number of fused-ring (bicyclic) bond motifs is 1. The number of ether oxygens (including phenoxy) is 2. The molecule has 0 saturated carbocycles. The summed E-state index contributed by atoms with van der Waals surface area (Å²) in [6.07, 6.45) is 0. The van der Waals surface area contributed by atoms with Gasteiger partial charge in [0.1, 0.15) is 0 Å². The second kappa shape index (κ2) is 6.52. The Hall–Kier alpha value is -2.82. The summed E-state index contributed by atoms with van der Waals surface area (Å²) >= 11 is 0. The van der Waals surface area contributed by atoms with Crippen LogP contribution in [0.3, 0.4) is 0 Å². The number of carbonyl (C=O) groups is 1. The highest BCUT2D eigenvalue weighted by Crippen LogP contribution is 2.26. The van der Waals surface area contributed by atoms with E-state index in [1.54, 1.807) is 12.1 Å². The molecule has 0 N–H and O–H groups in total. The van der Waals surface area contributed by atoms with E-state index in [-0.39, 0.29) is 5.97 Å². The first-order valence-electron chi connectivity index (χ1n) is 7.40. The molecular weight excluding hydrogens is 292 g/mol. The first-order valence-corrected chi connectivity index (χ1v) is 7.40. The zero-order valence-electron chi connectivity index (χ0n) is 13.1. The quantitative estimate of drug-likeness (QED) is 0.680. The summed E-state index contributed by atoms with van der Waals surface area (Å²) in [7, 11) is 1.37. The van der Waals surface area contributed by atoms with Crippen molar-refractivity contribution in [3.8, 4) is 6.01 Å². The van der Waals surface area contributed by atoms with Gasteiger partial charge in [0.25, 0.3) is 6.01 Å². The fourth-order valence-corrected chi connectivity index (χ4v) is 2.53. The number of methoxy groups -OCH3 is 1. The van der Waals surface area contributed by atoms with Crippen molar-refractivity contribution in [1.29, 1.82) is 0 Å². The van der Waals surface area contributed by atoms with E-state index in [0.717, 1.165) is 11.1 Å². The number of hydrogen-bond donors (Lipinski definition) is 0. The van der Waals surface area contributed by atoms with Gasteiger partial charge in [0, 0.05) is 0 Å². The van der Waals surface area contributed by atoms with Crippen LogP contribution >= 0.6 is 0 Å². The number of hydrogen-bond acceptors (Lipinski definition) is 4. The maximum Gasteiger partial charge on any atom is 0.340 e. The maximum atomic E-state index is 12.1. The van der Waals surface area contributed by atoms with E-state index >= 15 is 0 Å². The van der Waals surface area contributed by atoms with E-state index in [9.17, 15) is 4.79 Å². The third kappa shape index (κ3) is 2.90. The van der Waals surface area contributed by atoms with Crippen molar-refractivity contribution >= 4 is 17.0 Å². The molecule has 23 heavy (non-hydrogen) atoms. The zero-order valence-corrected chi connectivity index (χ0v) is 13.1. The number of rotatable bonds is 5. The molecule has 0 fully saturated rings. The van der Waals surface area contributed by atoms with E-state index in [4.69, 9.17) is 9.47 Å². The minimum atomic E-state index is -0.388. The van der Waals surface area contributed by atoms with Crippen LogP contribution in [0.4, 0.5) is 0 Å². The zero-order chi connectivity index (χ0) is 16.2. The van der Waals surface area contributed by atoms with E-state index in [1.807, 2.05) is 41.8 Å². The Bertz CT molecular complexity index is 825. The van der Waals surface area contributed by atoms with E-state index < -0.39 is 0 Å². The highest BCUT2D eigenvalue weighted by atomic mass is 16.5. The lowest BCUT2D eigenvalue weighted by Crippen LogP contribution is -2.09. The number of carbonyl (C=O) groups excluding carboxylic acids is 1. The summed E-state index contributed by atoms with van der Waals surface area (Å²) in [5.41, 5.74) is 2.98. The molecule has 5 nitrogen and oxygen atoms in total. The van der Waals surface area contributed by atoms with Gasteiger partial charge in [-0.3, -0.25) is 4.57 Å². The molecule has 0 atom stereocenters. The molecule has 0 aliphatic rings. The Morgan fingerprint density at radius 3 is 2.74 bits per heavy atom. The van der Waals surface area contributed by atoms with Crippen molar-refractivity contribution in [1.82, 2.24) is 9.55 Å². The van der Waals surface area contributed by atoms with Crippen molar-refractivity contribution in [2.45, 2.75) is 13.5 Å². The van der Waals surface area contributed by atoms with Crippen LogP contribution in [0, 0.1) is 6.07 Å². The summed E-state index contributed by atoms with van der Waals surface area (Å²) in [5.74, 6) is -0.388. The van der Waals surface area contributed by atoms with Gasteiger partial charge >= 0.3 is 5.97 Å². The maximum absolute atomic E-state index is 12.1. The Morgan fingerprint density at radius 2 is 2.04 bits per heavy atom. The van der Waals surface area contributed by atoms with Gasteiger partial charge in [0.15, 0.2) is 0 Å². The third-order valence-corrected chi connectivity index (χ3v) is 3.54. The van der Waals surface area contributed by atoms with Gasteiger partial charge in [-0.2, -0.15) is 4.98 Å². The molecule has 3 rings (SSSR count). The molecule has 0 aliphatic carbocycles. The van der Waals surface area contributed by atoms with E-state index in [2.05, 4.69) is 11.1 Å². The van der Waals surface area contributed by atoms with Gasteiger partial charge < -0.3 is 9.47 Å². The molecule has 1 aromatic heterocycles. The standard InChI is InChI=1S/C18H17N2O3/c1-3-23-18-19-15-11-7-10-14(17(21)22-2)16(15)20(18)12-13-8-5-4-6-9-13/h5-11H,3,12H2,1-2H3. The van der Waals surface area contributed by atoms with Crippen LogP contribution in [0.15, 0.2) is 42.5 Å². The summed E-state index contributed by atoms with van der Waals surface area (Å²) in [6, 6.07) is 16.5. The van der Waals surface area contributed by atoms with Gasteiger partial charge in [-0.1, -0.05) is 30.3 Å². The molecule has 3 aromatic rings. The van der Waals surface area contributed by atoms with Crippen LogP contribution in [0.1, 0.15) is 22.8 Å². The highest BCUT2D eigenvalue weighted by molar-refractivity contribution is 6.02. The van der Waals surface area contributed by atoms with Crippen LogP contribution in [-0.2, 0) is 11.3 Å². The predicted molar refractivity (Wildman–Crippen MR) is 86.6 cm³/mol. The summed E-state index contributed by atoms with van der Waals surface area (Å²) in [4.78, 5) is 16.6. The van der Waals surface area contributed by atoms with Crippen molar-refractivity contribution in [2.75, 3.05) is 13.7 Å². The second-order valence-electron chi connectivity index (χ2n) is 4.99. The molecule has 0 amide bonds. The highest BCUT2D eigenvalue weighted by Gasteiger charge is 2.19. The minimum absolute atomic E-state index is 0.388. The molecule has 1 radical (unpaired) electrons. The Labute approximate surface area is 134 Å². The number of esters is 1. The van der Waals surface area contributed by atoms with E-state index in [0.29, 0.717) is 30.2 Å². The molecule has 5 heteroatoms. The number of aromatic nitrogens is 2. The van der Waals surface area contributed by atoms with Crippen LogP contribution in [-0.4, -0.2) is 29.2 Å². The summed E-state index contributed by atoms with van der Waals surface area (Å²) in [5, 5.41) is 0. The molecule has 0 saturated heterocycles. The smallest absolute Gasteiger partial charge is 0.340 e. The molecule has 117 valence electrons. The van der Waals surface area contributed by atoms with Crippen LogP contribution in [0.2, 0.25) is 0 Å². The van der Waals surface area contributed by atoms with Crippen LogP contribution in [0.5, 0.6) is 6.01 Å². The first kappa shape index (κ1) is 15.1. The Morgan fingerprint density at radius 1 is 1.26 bits per heavy atom. The number of para-hydroxylation sites is 1.